The number of hydrogen-bond donors (Lipinski definition) is 2. The molecule has 9 nitrogen and oxygen atoms in total. The highest BCUT2D eigenvalue weighted by molar-refractivity contribution is 5.96. The molecule has 2 N–H and O–H groups in total. The summed E-state index contributed by atoms with van der Waals surface area (Å²) in [6.07, 6.45) is 4.23. The summed E-state index contributed by atoms with van der Waals surface area (Å²) in [5.74, 6) is -3.02. The summed E-state index contributed by atoms with van der Waals surface area (Å²) < 4.78 is 10.7. The van der Waals surface area contributed by atoms with Gasteiger partial charge in [-0.3, -0.25) is 19.3 Å². The number of fused-ring (bicyclic) bond motifs is 1. The Bertz CT molecular complexity index is 964. The fourth-order valence-electron chi connectivity index (χ4n) is 5.94. The Morgan fingerprint density at radius 2 is 1.92 bits per heavy atom. The van der Waals surface area contributed by atoms with Crippen molar-refractivity contribution in [3.8, 4) is 0 Å². The van der Waals surface area contributed by atoms with Gasteiger partial charge in [0.25, 0.3) is 0 Å². The number of aliphatic hydroxyl groups is 1. The maximum atomic E-state index is 14.0. The second kappa shape index (κ2) is 12.7. The number of esters is 1. The minimum atomic E-state index is -0.816. The molecule has 2 fully saturated rings. The lowest BCUT2D eigenvalue weighted by atomic mass is 9.70. The number of nitrogens with one attached hydrogen (secondary N) is 1. The summed E-state index contributed by atoms with van der Waals surface area (Å²) in [7, 11) is 0. The summed E-state index contributed by atoms with van der Waals surface area (Å²) in [5, 5.41) is 13.4. The lowest BCUT2D eigenvalue weighted by Gasteiger charge is -2.34. The molecule has 4 rings (SSSR count). The highest BCUT2D eigenvalue weighted by Crippen LogP contribution is 2.45. The highest BCUT2D eigenvalue weighted by Gasteiger charge is 2.58. The fraction of sp³-hybridized carbons (Fsp3) is 0.607. The van der Waals surface area contributed by atoms with Crippen molar-refractivity contribution in [1.29, 1.82) is 0 Å². The van der Waals surface area contributed by atoms with E-state index in [1.165, 1.54) is 0 Å². The van der Waals surface area contributed by atoms with Gasteiger partial charge in [0.15, 0.2) is 0 Å². The van der Waals surface area contributed by atoms with Gasteiger partial charge in [-0.05, 0) is 24.8 Å². The molecule has 0 radical (unpaired) electrons. The van der Waals surface area contributed by atoms with Gasteiger partial charge in [0.2, 0.25) is 11.8 Å². The minimum absolute atomic E-state index is 0.198. The third kappa shape index (κ3) is 6.05. The number of carbonyl (C=O) groups excluding carboxylic acids is 3. The Hall–Kier alpha value is -2.75. The summed E-state index contributed by atoms with van der Waals surface area (Å²) in [6, 6.07) is 8.20. The first-order chi connectivity index (χ1) is 18.0. The lowest BCUT2D eigenvalue weighted by Crippen LogP contribution is -2.54. The average molecular weight is 514 g/mol. The number of likely N-dealkylation sites (tertiary alicyclic amines) is 1. The van der Waals surface area contributed by atoms with Crippen molar-refractivity contribution in [2.75, 3.05) is 52.6 Å². The van der Waals surface area contributed by atoms with Crippen LogP contribution in [0.4, 0.5) is 0 Å². The van der Waals surface area contributed by atoms with Crippen LogP contribution >= 0.6 is 0 Å². The van der Waals surface area contributed by atoms with Crippen LogP contribution in [-0.4, -0.2) is 97.4 Å². The maximum absolute atomic E-state index is 14.0. The number of aliphatic hydroxyl groups excluding tert-OH is 1. The van der Waals surface area contributed by atoms with E-state index >= 15 is 0 Å². The number of carbonyl (C=O) groups is 3. The van der Waals surface area contributed by atoms with Crippen LogP contribution in [0.3, 0.4) is 0 Å². The zero-order valence-electron chi connectivity index (χ0n) is 21.8. The van der Waals surface area contributed by atoms with Crippen molar-refractivity contribution in [3.05, 3.63) is 48.0 Å². The van der Waals surface area contributed by atoms with E-state index in [0.717, 1.165) is 18.7 Å². The molecule has 3 aliphatic rings. The van der Waals surface area contributed by atoms with Crippen LogP contribution in [-0.2, 0) is 30.3 Å². The molecule has 2 aliphatic heterocycles. The average Bonchev–Trinajstić information content (AvgIpc) is 3.20. The van der Waals surface area contributed by atoms with E-state index in [1.807, 2.05) is 49.4 Å². The monoisotopic (exact) mass is 513 g/mol. The van der Waals surface area contributed by atoms with Crippen LogP contribution in [0.15, 0.2) is 42.5 Å². The van der Waals surface area contributed by atoms with Gasteiger partial charge in [-0.2, -0.15) is 0 Å². The highest BCUT2D eigenvalue weighted by atomic mass is 16.5. The molecular formula is C28H39N3O6. The van der Waals surface area contributed by atoms with E-state index in [9.17, 15) is 19.5 Å². The number of morpholine rings is 1. The molecule has 6 atom stereocenters. The van der Waals surface area contributed by atoms with Gasteiger partial charge in [-0.25, -0.2) is 0 Å². The molecule has 37 heavy (non-hydrogen) atoms. The third-order valence-corrected chi connectivity index (χ3v) is 7.79. The summed E-state index contributed by atoms with van der Waals surface area (Å²) in [6.45, 7) is 7.70. The van der Waals surface area contributed by atoms with Gasteiger partial charge in [0.1, 0.15) is 6.04 Å². The fourth-order valence-corrected chi connectivity index (χ4v) is 5.94. The molecule has 0 saturated carbocycles. The lowest BCUT2D eigenvalue weighted by molar-refractivity contribution is -0.155. The molecule has 9 heteroatoms. The normalized spacial score (nSPS) is 28.6. The van der Waals surface area contributed by atoms with Crippen molar-refractivity contribution >= 4 is 17.8 Å². The Balaban J connectivity index is 1.60. The summed E-state index contributed by atoms with van der Waals surface area (Å²) in [5.41, 5.74) is 0.960. The quantitative estimate of drug-likeness (QED) is 0.353. The predicted octanol–water partition coefficient (Wildman–Crippen LogP) is 0.867. The maximum Gasteiger partial charge on any atom is 0.310 e. The molecule has 202 valence electrons. The van der Waals surface area contributed by atoms with Crippen LogP contribution in [0.25, 0.3) is 0 Å². The third-order valence-electron chi connectivity index (χ3n) is 7.79. The number of ether oxygens (including phenoxy) is 2. The molecule has 1 aromatic rings. The Morgan fingerprint density at radius 3 is 2.59 bits per heavy atom. The summed E-state index contributed by atoms with van der Waals surface area (Å²) in [4.78, 5) is 44.4. The molecule has 1 aliphatic carbocycles. The van der Waals surface area contributed by atoms with Gasteiger partial charge < -0.3 is 24.8 Å². The molecule has 2 heterocycles. The Labute approximate surface area is 218 Å². The van der Waals surface area contributed by atoms with Crippen molar-refractivity contribution in [2.24, 2.45) is 23.7 Å². The zero-order chi connectivity index (χ0) is 26.4. The second-order valence-corrected chi connectivity index (χ2v) is 10.1. The van der Waals surface area contributed by atoms with Gasteiger partial charge in [-0.15, -0.1) is 0 Å². The SMILES string of the molecule is CCOC(=O)[C@H]1[C@H]2C(=O)N([C@@H](CO)Cc3ccccc3)[C@H](C(=O)NCCN3CCOCC3)[C@H]2C=C[C@H]1C. The number of hydrogen-bond acceptors (Lipinski definition) is 7. The van der Waals surface area contributed by atoms with Gasteiger partial charge in [0, 0.05) is 32.1 Å². The van der Waals surface area contributed by atoms with Crippen LogP contribution in [0.1, 0.15) is 19.4 Å². The number of rotatable bonds is 10. The van der Waals surface area contributed by atoms with Crippen molar-refractivity contribution in [2.45, 2.75) is 32.4 Å². The number of allylic oxidation sites excluding steroid dienone is 1. The molecule has 0 bridgehead atoms. The standard InChI is InChI=1S/C28H39N3O6/c1-3-37-28(35)23-19(2)9-10-22-24(23)27(34)31(21(18-32)17-20-7-5-4-6-8-20)25(22)26(33)29-11-12-30-13-15-36-16-14-30/h4-10,19,21-25,32H,3,11-18H2,1-2H3,(H,29,33)/t19-,21-,22+,23-,24+,25+/m1/s1. The van der Waals surface area contributed by atoms with E-state index in [4.69, 9.17) is 9.47 Å². The Kier molecular flexibility index (Phi) is 9.34. The zero-order valence-corrected chi connectivity index (χ0v) is 21.8. The first kappa shape index (κ1) is 27.3. The van der Waals surface area contributed by atoms with E-state index in [0.29, 0.717) is 32.7 Å². The van der Waals surface area contributed by atoms with Crippen LogP contribution in [0, 0.1) is 23.7 Å². The molecule has 0 unspecified atom stereocenters. The summed E-state index contributed by atoms with van der Waals surface area (Å²) >= 11 is 0. The number of amides is 2. The molecule has 0 spiro atoms. The van der Waals surface area contributed by atoms with Crippen molar-refractivity contribution in [3.63, 3.8) is 0 Å². The molecule has 1 aromatic carbocycles. The minimum Gasteiger partial charge on any atom is -0.466 e. The van der Waals surface area contributed by atoms with E-state index in [-0.39, 0.29) is 30.9 Å². The largest absolute Gasteiger partial charge is 0.466 e. The van der Waals surface area contributed by atoms with E-state index in [2.05, 4.69) is 10.2 Å². The molecule has 2 saturated heterocycles. The van der Waals surface area contributed by atoms with Crippen molar-refractivity contribution in [1.82, 2.24) is 15.1 Å². The number of nitrogens with zero attached hydrogens (tertiary/aromatic N) is 2. The van der Waals surface area contributed by atoms with Gasteiger partial charge >= 0.3 is 5.97 Å². The van der Waals surface area contributed by atoms with Crippen LogP contribution in [0.2, 0.25) is 0 Å². The topological polar surface area (TPSA) is 108 Å². The molecule has 0 aromatic heterocycles. The second-order valence-electron chi connectivity index (χ2n) is 10.1. The van der Waals surface area contributed by atoms with E-state index in [1.54, 1.807) is 11.8 Å². The van der Waals surface area contributed by atoms with E-state index < -0.39 is 35.8 Å². The van der Waals surface area contributed by atoms with Crippen molar-refractivity contribution < 1.29 is 29.0 Å². The first-order valence-electron chi connectivity index (χ1n) is 13.4. The molecular weight excluding hydrogens is 474 g/mol. The predicted molar refractivity (Wildman–Crippen MR) is 137 cm³/mol. The van der Waals surface area contributed by atoms with Crippen LogP contribution < -0.4 is 5.32 Å². The smallest absolute Gasteiger partial charge is 0.310 e. The van der Waals surface area contributed by atoms with Gasteiger partial charge in [-0.1, -0.05) is 49.4 Å². The van der Waals surface area contributed by atoms with Crippen LogP contribution in [0.5, 0.6) is 0 Å². The van der Waals surface area contributed by atoms with Gasteiger partial charge in [0.05, 0.1) is 44.3 Å². The Morgan fingerprint density at radius 1 is 1.19 bits per heavy atom. The number of benzene rings is 1. The first-order valence-corrected chi connectivity index (χ1v) is 13.4. The molecule has 2 amide bonds.